The first-order valence-electron chi connectivity index (χ1n) is 8.04. The van der Waals surface area contributed by atoms with E-state index in [1.165, 1.54) is 0 Å². The van der Waals surface area contributed by atoms with Gasteiger partial charge in [0.2, 0.25) is 0 Å². The highest BCUT2D eigenvalue weighted by Crippen LogP contribution is 2.31. The predicted octanol–water partition coefficient (Wildman–Crippen LogP) is 2.27. The lowest BCUT2D eigenvalue weighted by Crippen LogP contribution is -2.38. The van der Waals surface area contributed by atoms with Crippen LogP contribution in [0.3, 0.4) is 0 Å². The van der Waals surface area contributed by atoms with Crippen LogP contribution in [0.2, 0.25) is 0 Å². The number of furan rings is 1. The van der Waals surface area contributed by atoms with Gasteiger partial charge in [-0.25, -0.2) is 8.42 Å². The number of fused-ring (bicyclic) bond motifs is 3. The van der Waals surface area contributed by atoms with E-state index in [0.29, 0.717) is 12.2 Å². The van der Waals surface area contributed by atoms with Crippen LogP contribution in [-0.2, 0) is 14.6 Å². The minimum Gasteiger partial charge on any atom is -0.484 e. The number of para-hydroxylation sites is 1. The Morgan fingerprint density at radius 2 is 1.96 bits per heavy atom. The standard InChI is InChI=1S/C18H17NO5S/c20-18(19-12-7-8-25(21,22)11-12)10-23-13-5-6-17-15(9-13)14-3-1-2-4-16(14)24-17/h1-6,9,12H,7-8,10-11H2,(H,19,20)/t12-/m0/s1. The molecule has 1 amide bonds. The Labute approximate surface area is 144 Å². The van der Waals surface area contributed by atoms with Gasteiger partial charge in [0.1, 0.15) is 16.9 Å². The molecule has 25 heavy (non-hydrogen) atoms. The fraction of sp³-hybridized carbons (Fsp3) is 0.278. The van der Waals surface area contributed by atoms with Crippen LogP contribution in [0.1, 0.15) is 6.42 Å². The van der Waals surface area contributed by atoms with Crippen LogP contribution < -0.4 is 10.1 Å². The third-order valence-corrected chi connectivity index (χ3v) is 6.08. The largest absolute Gasteiger partial charge is 0.484 e. The highest BCUT2D eigenvalue weighted by Gasteiger charge is 2.28. The summed E-state index contributed by atoms with van der Waals surface area (Å²) >= 11 is 0. The van der Waals surface area contributed by atoms with Gasteiger partial charge in [-0.2, -0.15) is 0 Å². The molecule has 1 aliphatic rings. The summed E-state index contributed by atoms with van der Waals surface area (Å²) in [6, 6.07) is 12.8. The van der Waals surface area contributed by atoms with E-state index in [-0.39, 0.29) is 30.1 Å². The molecule has 7 heteroatoms. The SMILES string of the molecule is O=C(COc1ccc2oc3ccccc3c2c1)N[C@H]1CCS(=O)(=O)C1. The quantitative estimate of drug-likeness (QED) is 0.772. The molecule has 0 bridgehead atoms. The summed E-state index contributed by atoms with van der Waals surface area (Å²) in [6.07, 6.45) is 0.459. The molecule has 1 aliphatic heterocycles. The van der Waals surface area contributed by atoms with Crippen LogP contribution in [0.4, 0.5) is 0 Å². The summed E-state index contributed by atoms with van der Waals surface area (Å²) in [4.78, 5) is 12.0. The van der Waals surface area contributed by atoms with E-state index in [4.69, 9.17) is 9.15 Å². The van der Waals surface area contributed by atoms with Crippen molar-refractivity contribution >= 4 is 37.7 Å². The number of benzene rings is 2. The molecule has 1 fully saturated rings. The number of ether oxygens (including phenoxy) is 1. The maximum Gasteiger partial charge on any atom is 0.258 e. The van der Waals surface area contributed by atoms with Gasteiger partial charge >= 0.3 is 0 Å². The third kappa shape index (κ3) is 3.32. The van der Waals surface area contributed by atoms with Gasteiger partial charge in [0.25, 0.3) is 5.91 Å². The third-order valence-electron chi connectivity index (χ3n) is 4.32. The van der Waals surface area contributed by atoms with Crippen molar-refractivity contribution in [3.8, 4) is 5.75 Å². The number of sulfone groups is 1. The lowest BCUT2D eigenvalue weighted by molar-refractivity contribution is -0.123. The van der Waals surface area contributed by atoms with Crippen LogP contribution in [0.5, 0.6) is 5.75 Å². The van der Waals surface area contributed by atoms with Gasteiger partial charge in [-0.15, -0.1) is 0 Å². The number of nitrogens with one attached hydrogen (secondary N) is 1. The molecule has 1 N–H and O–H groups in total. The Morgan fingerprint density at radius 3 is 2.76 bits per heavy atom. The smallest absolute Gasteiger partial charge is 0.258 e. The van der Waals surface area contributed by atoms with Crippen molar-refractivity contribution in [1.82, 2.24) is 5.32 Å². The molecule has 1 atom stereocenters. The van der Waals surface area contributed by atoms with Crippen molar-refractivity contribution in [2.24, 2.45) is 0 Å². The average molecular weight is 359 g/mol. The van der Waals surface area contributed by atoms with E-state index < -0.39 is 9.84 Å². The Hall–Kier alpha value is -2.54. The molecule has 0 unspecified atom stereocenters. The maximum absolute atomic E-state index is 12.0. The van der Waals surface area contributed by atoms with E-state index in [0.717, 1.165) is 21.9 Å². The van der Waals surface area contributed by atoms with Crippen molar-refractivity contribution in [1.29, 1.82) is 0 Å². The van der Waals surface area contributed by atoms with Gasteiger partial charge in [0, 0.05) is 16.8 Å². The first kappa shape index (κ1) is 16.0. The molecule has 2 aromatic carbocycles. The molecule has 0 aliphatic carbocycles. The van der Waals surface area contributed by atoms with Crippen molar-refractivity contribution in [2.75, 3.05) is 18.1 Å². The van der Waals surface area contributed by atoms with Crippen molar-refractivity contribution in [2.45, 2.75) is 12.5 Å². The fourth-order valence-corrected chi connectivity index (χ4v) is 4.80. The van der Waals surface area contributed by atoms with Gasteiger partial charge in [0.05, 0.1) is 11.5 Å². The minimum atomic E-state index is -3.01. The Bertz CT molecular complexity index is 1050. The lowest BCUT2D eigenvalue weighted by Gasteiger charge is -2.11. The Balaban J connectivity index is 1.44. The van der Waals surface area contributed by atoms with E-state index in [1.54, 1.807) is 6.07 Å². The first-order chi connectivity index (χ1) is 12.0. The molecule has 130 valence electrons. The zero-order valence-corrected chi connectivity index (χ0v) is 14.2. The Morgan fingerprint density at radius 1 is 1.16 bits per heavy atom. The number of amides is 1. The molecule has 1 saturated heterocycles. The molecular weight excluding hydrogens is 342 g/mol. The van der Waals surface area contributed by atoms with Crippen LogP contribution in [0, 0.1) is 0 Å². The van der Waals surface area contributed by atoms with Gasteiger partial charge in [-0.1, -0.05) is 18.2 Å². The van der Waals surface area contributed by atoms with E-state index in [2.05, 4.69) is 5.32 Å². The second kappa shape index (κ2) is 6.07. The van der Waals surface area contributed by atoms with E-state index in [1.807, 2.05) is 36.4 Å². The lowest BCUT2D eigenvalue weighted by atomic mass is 10.1. The highest BCUT2D eigenvalue weighted by atomic mass is 32.2. The van der Waals surface area contributed by atoms with Gasteiger partial charge in [-0.05, 0) is 30.7 Å². The number of carbonyl (C=O) groups is 1. The summed E-state index contributed by atoms with van der Waals surface area (Å²) in [5.74, 6) is 0.377. The van der Waals surface area contributed by atoms with Gasteiger partial charge in [0.15, 0.2) is 16.4 Å². The van der Waals surface area contributed by atoms with Crippen molar-refractivity contribution < 1.29 is 22.4 Å². The van der Waals surface area contributed by atoms with Gasteiger partial charge < -0.3 is 14.5 Å². The fourth-order valence-electron chi connectivity index (χ4n) is 3.12. The van der Waals surface area contributed by atoms with Gasteiger partial charge in [-0.3, -0.25) is 4.79 Å². The molecule has 1 aromatic heterocycles. The topological polar surface area (TPSA) is 85.6 Å². The van der Waals surface area contributed by atoms with E-state index in [9.17, 15) is 13.2 Å². The zero-order valence-electron chi connectivity index (χ0n) is 13.4. The molecule has 4 rings (SSSR count). The number of hydrogen-bond acceptors (Lipinski definition) is 5. The monoisotopic (exact) mass is 359 g/mol. The first-order valence-corrected chi connectivity index (χ1v) is 9.86. The van der Waals surface area contributed by atoms with Crippen LogP contribution >= 0.6 is 0 Å². The van der Waals surface area contributed by atoms with Crippen molar-refractivity contribution in [3.63, 3.8) is 0 Å². The molecule has 0 saturated carbocycles. The number of carbonyl (C=O) groups excluding carboxylic acids is 1. The summed E-state index contributed by atoms with van der Waals surface area (Å²) in [6.45, 7) is -0.155. The second-order valence-electron chi connectivity index (χ2n) is 6.21. The zero-order chi connectivity index (χ0) is 17.4. The molecule has 0 spiro atoms. The maximum atomic E-state index is 12.0. The average Bonchev–Trinajstić information content (AvgIpc) is 3.12. The molecule has 6 nitrogen and oxygen atoms in total. The van der Waals surface area contributed by atoms with E-state index >= 15 is 0 Å². The molecule has 2 heterocycles. The Kier molecular flexibility index (Phi) is 3.88. The van der Waals surface area contributed by atoms with Crippen LogP contribution in [0.25, 0.3) is 21.9 Å². The molecule has 0 radical (unpaired) electrons. The second-order valence-corrected chi connectivity index (χ2v) is 8.44. The molecular formula is C18H17NO5S. The number of rotatable bonds is 4. The summed E-state index contributed by atoms with van der Waals surface area (Å²) < 4.78 is 34.1. The highest BCUT2D eigenvalue weighted by molar-refractivity contribution is 7.91. The summed E-state index contributed by atoms with van der Waals surface area (Å²) in [7, 11) is -3.01. The summed E-state index contributed by atoms with van der Waals surface area (Å²) in [5.41, 5.74) is 1.56. The molecule has 3 aromatic rings. The minimum absolute atomic E-state index is 0.00566. The van der Waals surface area contributed by atoms with Crippen LogP contribution in [-0.4, -0.2) is 38.5 Å². The van der Waals surface area contributed by atoms with Crippen LogP contribution in [0.15, 0.2) is 46.9 Å². The summed E-state index contributed by atoms with van der Waals surface area (Å²) in [5, 5.41) is 4.62. The normalized spacial score (nSPS) is 19.3. The predicted molar refractivity (Wildman–Crippen MR) is 94.4 cm³/mol. The number of hydrogen-bond donors (Lipinski definition) is 1. The van der Waals surface area contributed by atoms with Crippen molar-refractivity contribution in [3.05, 3.63) is 42.5 Å².